The molecule has 0 fully saturated rings. The average Bonchev–Trinajstić information content (AvgIpc) is 2.92. The molecule has 3 N–H and O–H groups in total. The first-order valence-corrected chi connectivity index (χ1v) is 7.57. The van der Waals surface area contributed by atoms with Gasteiger partial charge >= 0.3 is 11.3 Å². The van der Waals surface area contributed by atoms with Crippen LogP contribution in [0.5, 0.6) is 0 Å². The lowest BCUT2D eigenvalue weighted by molar-refractivity contribution is -0.137. The van der Waals surface area contributed by atoms with Crippen LogP contribution in [0.2, 0.25) is 0 Å². The van der Waals surface area contributed by atoms with Crippen LogP contribution < -0.4 is 5.73 Å². The quantitative estimate of drug-likeness (QED) is 0.760. The van der Waals surface area contributed by atoms with Crippen molar-refractivity contribution in [3.63, 3.8) is 0 Å². The van der Waals surface area contributed by atoms with Crippen LogP contribution in [0.15, 0.2) is 48.6 Å². The number of ether oxygens (including phenoxy) is 3. The number of thioether (sulfide) groups is 1. The number of benzene rings is 1. The van der Waals surface area contributed by atoms with Crippen LogP contribution in [0.4, 0.5) is 4.79 Å². The molecule has 0 aromatic heterocycles. The lowest BCUT2D eigenvalue weighted by atomic mass is 10.2. The van der Waals surface area contributed by atoms with Crippen LogP contribution >= 0.6 is 11.8 Å². The average molecular weight is 337 g/mol. The number of rotatable bonds is 6. The zero-order chi connectivity index (χ0) is 16.8. The zero-order valence-electron chi connectivity index (χ0n) is 12.1. The highest BCUT2D eigenvalue weighted by molar-refractivity contribution is 8.13. The van der Waals surface area contributed by atoms with E-state index in [1.54, 1.807) is 0 Å². The topological polar surface area (TPSA) is 108 Å². The molecule has 0 amide bonds. The summed E-state index contributed by atoms with van der Waals surface area (Å²) in [7, 11) is 0. The van der Waals surface area contributed by atoms with Crippen molar-refractivity contribution in [3.8, 4) is 0 Å². The molecule has 0 bridgehead atoms. The molecule has 1 aliphatic heterocycles. The first kappa shape index (κ1) is 16.9. The monoisotopic (exact) mass is 337 g/mol. The third-order valence-electron chi connectivity index (χ3n) is 2.76. The Labute approximate surface area is 136 Å². The van der Waals surface area contributed by atoms with E-state index >= 15 is 0 Å². The van der Waals surface area contributed by atoms with Crippen molar-refractivity contribution in [3.05, 3.63) is 54.2 Å². The lowest BCUT2D eigenvalue weighted by Gasteiger charge is -2.07. The Morgan fingerprint density at radius 3 is 2.65 bits per heavy atom. The first-order chi connectivity index (χ1) is 11.0. The molecular formula is C15H15NO6S. The van der Waals surface area contributed by atoms with E-state index in [-0.39, 0.29) is 18.3 Å². The molecule has 1 aliphatic rings. The van der Waals surface area contributed by atoms with E-state index in [4.69, 9.17) is 25.1 Å². The van der Waals surface area contributed by atoms with E-state index in [2.05, 4.69) is 6.58 Å². The van der Waals surface area contributed by atoms with Crippen molar-refractivity contribution < 1.29 is 28.9 Å². The molecule has 0 saturated carbocycles. The molecule has 0 radical (unpaired) electrons. The lowest BCUT2D eigenvalue weighted by Crippen LogP contribution is -2.32. The number of carboxylic acids is 1. The van der Waals surface area contributed by atoms with Crippen molar-refractivity contribution in [2.75, 3.05) is 12.4 Å². The number of carbonyl (C=O) groups excluding carboxylic acids is 1. The number of hydrogen-bond donors (Lipinski definition) is 2. The van der Waals surface area contributed by atoms with Gasteiger partial charge in [0.25, 0.3) is 5.95 Å². The highest BCUT2D eigenvalue weighted by Gasteiger charge is 2.24. The van der Waals surface area contributed by atoms with Gasteiger partial charge < -0.3 is 25.1 Å². The third-order valence-corrected chi connectivity index (χ3v) is 3.64. The van der Waals surface area contributed by atoms with Crippen molar-refractivity contribution in [1.82, 2.24) is 0 Å². The minimum absolute atomic E-state index is 0.0805. The molecule has 122 valence electrons. The number of aliphatic carboxylic acids is 1. The van der Waals surface area contributed by atoms with Gasteiger partial charge in [-0.05, 0) is 18.3 Å². The van der Waals surface area contributed by atoms with Crippen LogP contribution in [0.1, 0.15) is 5.56 Å². The van der Waals surface area contributed by atoms with E-state index in [0.717, 1.165) is 5.56 Å². The van der Waals surface area contributed by atoms with Gasteiger partial charge in [0.05, 0.1) is 0 Å². The summed E-state index contributed by atoms with van der Waals surface area (Å²) in [6, 6.07) is 8.03. The third kappa shape index (κ3) is 4.76. The van der Waals surface area contributed by atoms with Crippen LogP contribution in [-0.4, -0.2) is 34.8 Å². The van der Waals surface area contributed by atoms with E-state index in [1.807, 2.05) is 30.3 Å². The molecule has 23 heavy (non-hydrogen) atoms. The van der Waals surface area contributed by atoms with Crippen molar-refractivity contribution >= 4 is 28.8 Å². The SMILES string of the molecule is C=C1OC(COC(=O)SC[C@H](N)C(=O)O)=C(c2ccccc2)O1. The molecule has 0 aliphatic carbocycles. The summed E-state index contributed by atoms with van der Waals surface area (Å²) >= 11 is 0.686. The molecule has 7 nitrogen and oxygen atoms in total. The minimum atomic E-state index is -1.18. The molecule has 0 spiro atoms. The normalized spacial score (nSPS) is 14.9. The highest BCUT2D eigenvalue weighted by Crippen LogP contribution is 2.31. The fourth-order valence-corrected chi connectivity index (χ4v) is 2.28. The van der Waals surface area contributed by atoms with Gasteiger partial charge in [-0.25, -0.2) is 4.79 Å². The summed E-state index contributed by atoms with van der Waals surface area (Å²) in [4.78, 5) is 22.2. The highest BCUT2D eigenvalue weighted by atomic mass is 32.2. The standard InChI is InChI=1S/C15H15NO6S/c1-9-21-12(13(22-9)10-5-3-2-4-6-10)7-20-15(19)23-8-11(16)14(17)18/h2-6,11H,1,7-8,16H2,(H,17,18)/t11-/m0/s1. The molecule has 0 unspecified atom stereocenters. The van der Waals surface area contributed by atoms with Crippen LogP contribution in [0.25, 0.3) is 5.76 Å². The summed E-state index contributed by atoms with van der Waals surface area (Å²) < 4.78 is 15.7. The fourth-order valence-electron chi connectivity index (χ4n) is 1.68. The second-order valence-corrected chi connectivity index (χ2v) is 5.44. The maximum atomic E-state index is 11.6. The van der Waals surface area contributed by atoms with Crippen molar-refractivity contribution in [2.45, 2.75) is 6.04 Å². The van der Waals surface area contributed by atoms with Gasteiger partial charge in [0.1, 0.15) is 6.04 Å². The van der Waals surface area contributed by atoms with Gasteiger partial charge in [-0.15, -0.1) is 0 Å². The summed E-state index contributed by atoms with van der Waals surface area (Å²) in [6.45, 7) is 3.42. The molecular weight excluding hydrogens is 322 g/mol. The van der Waals surface area contributed by atoms with E-state index in [1.165, 1.54) is 0 Å². The van der Waals surface area contributed by atoms with Gasteiger partial charge in [-0.2, -0.15) is 0 Å². The van der Waals surface area contributed by atoms with Crippen LogP contribution in [0, 0.1) is 0 Å². The Bertz CT molecular complexity index is 643. The molecule has 0 saturated heterocycles. The Hall–Kier alpha value is -2.45. The molecule has 1 atom stereocenters. The number of nitrogens with two attached hydrogens (primary N) is 1. The summed E-state index contributed by atoms with van der Waals surface area (Å²) in [6.07, 6.45) is 0. The van der Waals surface area contributed by atoms with Gasteiger partial charge in [-0.1, -0.05) is 30.3 Å². The summed E-state index contributed by atoms with van der Waals surface area (Å²) in [5, 5.41) is 7.99. The molecule has 1 heterocycles. The molecule has 2 rings (SSSR count). The number of carboxylic acid groups (broad SMARTS) is 1. The molecule has 8 heteroatoms. The van der Waals surface area contributed by atoms with E-state index < -0.39 is 17.3 Å². The molecule has 1 aromatic carbocycles. The predicted molar refractivity (Wildman–Crippen MR) is 84.1 cm³/mol. The van der Waals surface area contributed by atoms with Crippen LogP contribution in [-0.2, 0) is 19.0 Å². The van der Waals surface area contributed by atoms with Gasteiger partial charge in [0.2, 0.25) is 0 Å². The summed E-state index contributed by atoms with van der Waals surface area (Å²) in [5.74, 6) is -0.421. The zero-order valence-corrected chi connectivity index (χ0v) is 12.9. The van der Waals surface area contributed by atoms with Crippen molar-refractivity contribution in [2.24, 2.45) is 5.73 Å². The van der Waals surface area contributed by atoms with Crippen LogP contribution in [0.3, 0.4) is 0 Å². The minimum Gasteiger partial charge on any atom is -0.480 e. The Kier molecular flexibility index (Phi) is 5.67. The van der Waals surface area contributed by atoms with Gasteiger partial charge in [0, 0.05) is 11.3 Å². The van der Waals surface area contributed by atoms with Gasteiger partial charge in [0.15, 0.2) is 18.1 Å². The van der Waals surface area contributed by atoms with E-state index in [9.17, 15) is 9.59 Å². The van der Waals surface area contributed by atoms with E-state index in [0.29, 0.717) is 23.3 Å². The molecule has 1 aromatic rings. The Morgan fingerprint density at radius 2 is 2.00 bits per heavy atom. The number of hydrogen-bond acceptors (Lipinski definition) is 7. The maximum absolute atomic E-state index is 11.6. The first-order valence-electron chi connectivity index (χ1n) is 6.58. The second kappa shape index (κ2) is 7.70. The maximum Gasteiger partial charge on any atom is 0.367 e. The smallest absolute Gasteiger partial charge is 0.367 e. The number of carbonyl (C=O) groups is 2. The van der Waals surface area contributed by atoms with Gasteiger partial charge in [-0.3, -0.25) is 4.79 Å². The summed E-state index contributed by atoms with van der Waals surface area (Å²) in [5.41, 5.74) is 6.07. The fraction of sp³-hybridized carbons (Fsp3) is 0.200. The largest absolute Gasteiger partial charge is 0.480 e. The Balaban J connectivity index is 1.94. The van der Waals surface area contributed by atoms with Crippen molar-refractivity contribution in [1.29, 1.82) is 0 Å². The Morgan fingerprint density at radius 1 is 1.30 bits per heavy atom. The predicted octanol–water partition coefficient (Wildman–Crippen LogP) is 2.15. The second-order valence-electron chi connectivity index (χ2n) is 4.49.